The Bertz CT molecular complexity index is 365. The molecule has 1 saturated carbocycles. The maximum Gasteiger partial charge on any atom is 0.325 e. The Kier molecular flexibility index (Phi) is 3.84. The molecule has 100 valence electrons. The van der Waals surface area contributed by atoms with Crippen LogP contribution in [0.4, 0.5) is 0 Å². The lowest BCUT2D eigenvalue weighted by Crippen LogP contribution is -2.47. The van der Waals surface area contributed by atoms with Crippen LogP contribution in [0, 0.1) is 0 Å². The average molecular weight is 254 g/mol. The van der Waals surface area contributed by atoms with Crippen molar-refractivity contribution in [1.82, 2.24) is 10.2 Å². The lowest BCUT2D eigenvalue weighted by molar-refractivity contribution is -0.150. The minimum Gasteiger partial charge on any atom is -0.465 e. The van der Waals surface area contributed by atoms with Crippen molar-refractivity contribution in [3.63, 3.8) is 0 Å². The summed E-state index contributed by atoms with van der Waals surface area (Å²) < 4.78 is 4.86. The van der Waals surface area contributed by atoms with E-state index < -0.39 is 6.04 Å². The molecule has 0 radical (unpaired) electrons. The Hall–Kier alpha value is -1.59. The highest BCUT2D eigenvalue weighted by Crippen LogP contribution is 2.28. The third-order valence-corrected chi connectivity index (χ3v) is 3.17. The number of carbonyl (C=O) groups excluding carboxylic acids is 3. The van der Waals surface area contributed by atoms with Crippen molar-refractivity contribution in [2.24, 2.45) is 0 Å². The van der Waals surface area contributed by atoms with E-state index in [0.29, 0.717) is 19.4 Å². The largest absolute Gasteiger partial charge is 0.465 e. The van der Waals surface area contributed by atoms with Gasteiger partial charge in [-0.25, -0.2) is 0 Å². The van der Waals surface area contributed by atoms with Crippen LogP contribution in [0.25, 0.3) is 0 Å². The highest BCUT2D eigenvalue weighted by molar-refractivity contribution is 5.92. The van der Waals surface area contributed by atoms with Gasteiger partial charge in [-0.05, 0) is 26.2 Å². The van der Waals surface area contributed by atoms with E-state index in [1.165, 1.54) is 0 Å². The number of carbonyl (C=O) groups is 3. The molecule has 0 aromatic rings. The Morgan fingerprint density at radius 1 is 1.39 bits per heavy atom. The lowest BCUT2D eigenvalue weighted by atomic mass is 10.2. The fraction of sp³-hybridized carbons (Fsp3) is 0.750. The molecule has 1 aliphatic carbocycles. The minimum absolute atomic E-state index is 0.0102. The zero-order valence-corrected chi connectivity index (χ0v) is 10.5. The van der Waals surface area contributed by atoms with Gasteiger partial charge in [0.05, 0.1) is 6.61 Å². The molecule has 0 aromatic heterocycles. The van der Waals surface area contributed by atoms with Crippen LogP contribution in [0.3, 0.4) is 0 Å². The Balaban J connectivity index is 1.94. The Morgan fingerprint density at radius 2 is 2.11 bits per heavy atom. The van der Waals surface area contributed by atoms with Crippen LogP contribution in [-0.4, -0.2) is 47.9 Å². The Morgan fingerprint density at radius 3 is 2.61 bits per heavy atom. The molecule has 2 aliphatic rings. The van der Waals surface area contributed by atoms with Gasteiger partial charge in [0.2, 0.25) is 11.8 Å². The van der Waals surface area contributed by atoms with Gasteiger partial charge in [-0.2, -0.15) is 0 Å². The Labute approximate surface area is 106 Å². The summed E-state index contributed by atoms with van der Waals surface area (Å²) >= 11 is 0. The molecule has 0 bridgehead atoms. The SMILES string of the molecule is CCOC(=O)CN(C(=O)[C@@H]1CCC(=O)N1)C1CC1. The number of ether oxygens (including phenoxy) is 1. The van der Waals surface area contributed by atoms with E-state index in [1.54, 1.807) is 11.8 Å². The topological polar surface area (TPSA) is 75.7 Å². The van der Waals surface area contributed by atoms with Crippen LogP contribution in [0.2, 0.25) is 0 Å². The molecule has 0 unspecified atom stereocenters. The van der Waals surface area contributed by atoms with Gasteiger partial charge in [0, 0.05) is 12.5 Å². The van der Waals surface area contributed by atoms with Crippen LogP contribution >= 0.6 is 0 Å². The van der Waals surface area contributed by atoms with Gasteiger partial charge in [0.15, 0.2) is 0 Å². The summed E-state index contributed by atoms with van der Waals surface area (Å²) in [7, 11) is 0. The molecular formula is C12H18N2O4. The number of rotatable bonds is 5. The van der Waals surface area contributed by atoms with Crippen molar-refractivity contribution >= 4 is 17.8 Å². The molecule has 6 nitrogen and oxygen atoms in total. The second kappa shape index (κ2) is 5.37. The predicted octanol–water partition coefficient (Wildman–Crippen LogP) is -0.181. The number of esters is 1. The maximum atomic E-state index is 12.2. The van der Waals surface area contributed by atoms with E-state index in [9.17, 15) is 14.4 Å². The van der Waals surface area contributed by atoms with Gasteiger partial charge in [-0.3, -0.25) is 14.4 Å². The first kappa shape index (κ1) is 12.9. The van der Waals surface area contributed by atoms with Gasteiger partial charge in [0.25, 0.3) is 0 Å². The van der Waals surface area contributed by atoms with Gasteiger partial charge < -0.3 is 15.0 Å². The van der Waals surface area contributed by atoms with E-state index in [1.807, 2.05) is 0 Å². The third kappa shape index (κ3) is 3.00. The second-order valence-corrected chi connectivity index (χ2v) is 4.66. The second-order valence-electron chi connectivity index (χ2n) is 4.66. The van der Waals surface area contributed by atoms with Crippen molar-refractivity contribution in [2.75, 3.05) is 13.2 Å². The van der Waals surface area contributed by atoms with Crippen LogP contribution in [-0.2, 0) is 19.1 Å². The molecule has 0 spiro atoms. The van der Waals surface area contributed by atoms with Gasteiger partial charge in [-0.1, -0.05) is 0 Å². The van der Waals surface area contributed by atoms with Crippen LogP contribution in [0.15, 0.2) is 0 Å². The predicted molar refractivity (Wildman–Crippen MR) is 62.5 cm³/mol. The number of nitrogens with zero attached hydrogens (tertiary/aromatic N) is 1. The van der Waals surface area contributed by atoms with Gasteiger partial charge in [-0.15, -0.1) is 0 Å². The average Bonchev–Trinajstić information content (AvgIpc) is 3.08. The molecular weight excluding hydrogens is 236 g/mol. The van der Waals surface area contributed by atoms with Crippen molar-refractivity contribution < 1.29 is 19.1 Å². The zero-order chi connectivity index (χ0) is 13.1. The molecule has 1 aliphatic heterocycles. The zero-order valence-electron chi connectivity index (χ0n) is 10.5. The van der Waals surface area contributed by atoms with Crippen LogP contribution in [0.1, 0.15) is 32.6 Å². The summed E-state index contributed by atoms with van der Waals surface area (Å²) in [5.74, 6) is -0.640. The highest BCUT2D eigenvalue weighted by Gasteiger charge is 2.39. The highest BCUT2D eigenvalue weighted by atomic mass is 16.5. The van der Waals surface area contributed by atoms with Crippen molar-refractivity contribution in [3.05, 3.63) is 0 Å². The summed E-state index contributed by atoms with van der Waals surface area (Å²) in [6.07, 6.45) is 2.75. The number of nitrogens with one attached hydrogen (secondary N) is 1. The summed E-state index contributed by atoms with van der Waals surface area (Å²) in [6, 6.07) is -0.327. The van der Waals surface area contributed by atoms with Crippen molar-refractivity contribution in [1.29, 1.82) is 0 Å². The molecule has 0 aromatic carbocycles. The fourth-order valence-corrected chi connectivity index (χ4v) is 2.12. The third-order valence-electron chi connectivity index (χ3n) is 3.17. The number of hydrogen-bond donors (Lipinski definition) is 1. The van der Waals surface area contributed by atoms with E-state index in [2.05, 4.69) is 5.32 Å². The molecule has 1 N–H and O–H groups in total. The molecule has 1 saturated heterocycles. The quantitative estimate of drug-likeness (QED) is 0.690. The summed E-state index contributed by atoms with van der Waals surface area (Å²) in [5.41, 5.74) is 0. The summed E-state index contributed by atoms with van der Waals surface area (Å²) in [5, 5.41) is 2.64. The van der Waals surface area contributed by atoms with Crippen LogP contribution in [0.5, 0.6) is 0 Å². The molecule has 2 rings (SSSR count). The standard InChI is InChI=1S/C12H18N2O4/c1-2-18-11(16)7-14(8-3-4-8)12(17)9-5-6-10(15)13-9/h8-9H,2-7H2,1H3,(H,13,15)/t9-/m0/s1. The van der Waals surface area contributed by atoms with Crippen molar-refractivity contribution in [2.45, 2.75) is 44.7 Å². The van der Waals surface area contributed by atoms with Gasteiger partial charge in [0.1, 0.15) is 12.6 Å². The van der Waals surface area contributed by atoms with Crippen LogP contribution < -0.4 is 5.32 Å². The molecule has 2 amide bonds. The first-order valence-electron chi connectivity index (χ1n) is 6.37. The molecule has 2 fully saturated rings. The van der Waals surface area contributed by atoms with Crippen molar-refractivity contribution in [3.8, 4) is 0 Å². The van der Waals surface area contributed by atoms with E-state index in [4.69, 9.17) is 4.74 Å². The normalized spacial score (nSPS) is 22.5. The monoisotopic (exact) mass is 254 g/mol. The summed E-state index contributed by atoms with van der Waals surface area (Å²) in [4.78, 5) is 36.3. The maximum absolute atomic E-state index is 12.2. The minimum atomic E-state index is -0.465. The molecule has 1 atom stereocenters. The number of amides is 2. The molecule has 18 heavy (non-hydrogen) atoms. The smallest absolute Gasteiger partial charge is 0.325 e. The van der Waals surface area contributed by atoms with Gasteiger partial charge >= 0.3 is 5.97 Å². The van der Waals surface area contributed by atoms with E-state index in [-0.39, 0.29) is 30.4 Å². The first-order valence-corrected chi connectivity index (χ1v) is 6.37. The fourth-order valence-electron chi connectivity index (χ4n) is 2.12. The lowest BCUT2D eigenvalue weighted by Gasteiger charge is -2.24. The number of hydrogen-bond acceptors (Lipinski definition) is 4. The first-order chi connectivity index (χ1) is 8.61. The summed E-state index contributed by atoms with van der Waals surface area (Å²) in [6.45, 7) is 2.04. The molecule has 6 heteroatoms. The van der Waals surface area contributed by atoms with E-state index in [0.717, 1.165) is 12.8 Å². The van der Waals surface area contributed by atoms with E-state index >= 15 is 0 Å². The molecule has 1 heterocycles.